The van der Waals surface area contributed by atoms with Crippen LogP contribution >= 0.6 is 0 Å². The first kappa shape index (κ1) is 25.1. The zero-order chi connectivity index (χ0) is 22.5. The van der Waals surface area contributed by atoms with Gasteiger partial charge in [-0.15, -0.1) is 6.42 Å². The summed E-state index contributed by atoms with van der Waals surface area (Å²) in [7, 11) is 0. The van der Waals surface area contributed by atoms with Crippen LogP contribution in [0.5, 0.6) is 0 Å². The predicted octanol–water partition coefficient (Wildman–Crippen LogP) is -0.542. The highest BCUT2D eigenvalue weighted by Crippen LogP contribution is 2.19. The van der Waals surface area contributed by atoms with Crippen LogP contribution < -0.4 is 37.2 Å². The molecule has 32 heavy (non-hydrogen) atoms. The van der Waals surface area contributed by atoms with Crippen LogP contribution in [0.2, 0.25) is 0 Å². The molecule has 3 heterocycles. The van der Waals surface area contributed by atoms with Crippen LogP contribution in [0.25, 0.3) is 0 Å². The van der Waals surface area contributed by atoms with Crippen LogP contribution in [-0.2, 0) is 6.54 Å². The normalized spacial score (nSPS) is 29.0. The maximum absolute atomic E-state index is 5.51. The molecule has 3 aliphatic rings. The Morgan fingerprint density at radius 1 is 0.750 bits per heavy atom. The van der Waals surface area contributed by atoms with Crippen molar-refractivity contribution in [2.45, 2.75) is 25.4 Å². The molecule has 178 valence electrons. The number of hydrogen-bond donors (Lipinski definition) is 7. The Balaban J connectivity index is 1.71. The van der Waals surface area contributed by atoms with Crippen LogP contribution in [0.4, 0.5) is 0 Å². The van der Waals surface area contributed by atoms with Gasteiger partial charge in [0.1, 0.15) is 0 Å². The summed E-state index contributed by atoms with van der Waals surface area (Å²) in [5, 5.41) is 26.1. The van der Waals surface area contributed by atoms with E-state index in [2.05, 4.69) is 62.2 Å². The second kappa shape index (κ2) is 13.3. The van der Waals surface area contributed by atoms with Gasteiger partial charge in [0.15, 0.2) is 0 Å². The highest BCUT2D eigenvalue weighted by molar-refractivity contribution is 5.34. The zero-order valence-corrected chi connectivity index (χ0v) is 19.8. The summed E-state index contributed by atoms with van der Waals surface area (Å²) in [4.78, 5) is 0. The molecule has 0 saturated carbocycles. The zero-order valence-electron chi connectivity index (χ0n) is 19.8. The van der Waals surface area contributed by atoms with Crippen LogP contribution in [0.1, 0.15) is 24.5 Å². The van der Waals surface area contributed by atoms with Crippen LogP contribution in [0.3, 0.4) is 0 Å². The summed E-state index contributed by atoms with van der Waals surface area (Å²) in [5.74, 6) is 2.70. The van der Waals surface area contributed by atoms with Gasteiger partial charge in [0, 0.05) is 96.1 Å². The van der Waals surface area contributed by atoms with Crippen molar-refractivity contribution in [3.05, 3.63) is 35.4 Å². The average Bonchev–Trinajstić information content (AvgIpc) is 2.83. The number of fused-ring (bicyclic) bond motifs is 15. The fraction of sp³-hybridized carbons (Fsp3) is 0.680. The van der Waals surface area contributed by atoms with Gasteiger partial charge in [-0.3, -0.25) is 0 Å². The molecule has 0 aliphatic carbocycles. The molecule has 7 nitrogen and oxygen atoms in total. The maximum Gasteiger partial charge on any atom is 0.0561 e. The Bertz CT molecular complexity index is 654. The second-order valence-corrected chi connectivity index (χ2v) is 9.39. The SMILES string of the molecule is C#Cc1ccc(CNC23CNCCNCC(CC)(CNCCNC2)CNCCNC3)cc1. The van der Waals surface area contributed by atoms with Crippen LogP contribution in [0.15, 0.2) is 24.3 Å². The lowest BCUT2D eigenvalue weighted by molar-refractivity contribution is 0.225. The van der Waals surface area contributed by atoms with Crippen molar-refractivity contribution in [3.8, 4) is 12.3 Å². The van der Waals surface area contributed by atoms with Crippen LogP contribution in [0, 0.1) is 17.8 Å². The van der Waals surface area contributed by atoms with Crippen molar-refractivity contribution < 1.29 is 0 Å². The van der Waals surface area contributed by atoms with Gasteiger partial charge < -0.3 is 37.2 Å². The van der Waals surface area contributed by atoms with E-state index < -0.39 is 0 Å². The van der Waals surface area contributed by atoms with Crippen molar-refractivity contribution in [3.63, 3.8) is 0 Å². The summed E-state index contributed by atoms with van der Waals surface area (Å²) in [5.41, 5.74) is 2.33. The van der Waals surface area contributed by atoms with E-state index in [4.69, 9.17) is 6.42 Å². The summed E-state index contributed by atoms with van der Waals surface area (Å²) in [6.07, 6.45) is 6.66. The summed E-state index contributed by atoms with van der Waals surface area (Å²) < 4.78 is 0. The van der Waals surface area contributed by atoms with Crippen molar-refractivity contribution in [2.75, 3.05) is 78.5 Å². The van der Waals surface area contributed by atoms with E-state index in [0.717, 1.165) is 97.1 Å². The van der Waals surface area contributed by atoms with Gasteiger partial charge in [0.25, 0.3) is 0 Å². The third kappa shape index (κ3) is 7.82. The minimum atomic E-state index is -0.0911. The number of nitrogens with one attached hydrogen (secondary N) is 7. The van der Waals surface area contributed by atoms with Crippen molar-refractivity contribution >= 4 is 0 Å². The Kier molecular flexibility index (Phi) is 10.4. The van der Waals surface area contributed by atoms with Gasteiger partial charge in [0.05, 0.1) is 5.54 Å². The number of rotatable bonds is 4. The van der Waals surface area contributed by atoms with E-state index in [1.807, 2.05) is 12.1 Å². The second-order valence-electron chi connectivity index (χ2n) is 9.39. The van der Waals surface area contributed by atoms with Gasteiger partial charge >= 0.3 is 0 Å². The Morgan fingerprint density at radius 3 is 1.59 bits per heavy atom. The Hall–Kier alpha value is -1.50. The minimum absolute atomic E-state index is 0.0911. The molecule has 3 saturated heterocycles. The molecule has 0 atom stereocenters. The fourth-order valence-corrected chi connectivity index (χ4v) is 4.52. The minimum Gasteiger partial charge on any atom is -0.315 e. The Labute approximate surface area is 194 Å². The first-order valence-electron chi connectivity index (χ1n) is 12.2. The number of terminal acetylenes is 1. The molecule has 0 amide bonds. The van der Waals surface area contributed by atoms with E-state index in [9.17, 15) is 0 Å². The smallest absolute Gasteiger partial charge is 0.0561 e. The van der Waals surface area contributed by atoms with Crippen molar-refractivity contribution in [1.29, 1.82) is 0 Å². The molecule has 7 N–H and O–H groups in total. The van der Waals surface area contributed by atoms with Crippen molar-refractivity contribution in [1.82, 2.24) is 37.2 Å². The lowest BCUT2D eigenvalue weighted by Gasteiger charge is -2.38. The van der Waals surface area contributed by atoms with Crippen molar-refractivity contribution in [2.24, 2.45) is 5.41 Å². The fourth-order valence-electron chi connectivity index (χ4n) is 4.52. The van der Waals surface area contributed by atoms with Gasteiger partial charge in [0.2, 0.25) is 0 Å². The average molecular weight is 442 g/mol. The summed E-state index contributed by atoms with van der Waals surface area (Å²) in [6.45, 7) is 14.7. The van der Waals surface area contributed by atoms with E-state index >= 15 is 0 Å². The molecule has 0 spiro atoms. The quantitative estimate of drug-likeness (QED) is 0.316. The molecule has 0 unspecified atom stereocenters. The van der Waals surface area contributed by atoms with E-state index in [1.54, 1.807) is 0 Å². The predicted molar refractivity (Wildman–Crippen MR) is 134 cm³/mol. The van der Waals surface area contributed by atoms with E-state index in [-0.39, 0.29) is 11.0 Å². The Morgan fingerprint density at radius 2 is 1.19 bits per heavy atom. The van der Waals surface area contributed by atoms with E-state index in [1.165, 1.54) is 5.56 Å². The molecule has 1 aromatic carbocycles. The number of benzene rings is 1. The summed E-state index contributed by atoms with van der Waals surface area (Å²) >= 11 is 0. The molecule has 3 aliphatic heterocycles. The molecule has 2 bridgehead atoms. The first-order chi connectivity index (χ1) is 15.7. The molecule has 1 aromatic rings. The summed E-state index contributed by atoms with van der Waals surface area (Å²) in [6, 6.07) is 8.28. The monoisotopic (exact) mass is 441 g/mol. The molecule has 7 heteroatoms. The standard InChI is InChI=1S/C25H43N7/c1-3-22-5-7-23(8-6-22)15-32-25-19-29-12-9-26-16-24(4-2,17-27-10-13-30-20-25)18-28-11-14-31-21-25/h1,5-8,26-32H,4,9-21H2,2H3. The molecule has 4 rings (SSSR count). The molecule has 0 radical (unpaired) electrons. The third-order valence-corrected chi connectivity index (χ3v) is 6.86. The first-order valence-corrected chi connectivity index (χ1v) is 12.2. The maximum atomic E-state index is 5.51. The third-order valence-electron chi connectivity index (χ3n) is 6.86. The largest absolute Gasteiger partial charge is 0.315 e. The molecule has 0 aromatic heterocycles. The van der Waals surface area contributed by atoms with E-state index in [0.29, 0.717) is 0 Å². The van der Waals surface area contributed by atoms with Gasteiger partial charge in [-0.25, -0.2) is 0 Å². The lowest BCUT2D eigenvalue weighted by atomic mass is 9.84. The van der Waals surface area contributed by atoms with Gasteiger partial charge in [-0.05, 0) is 24.1 Å². The number of hydrogen-bond acceptors (Lipinski definition) is 7. The topological polar surface area (TPSA) is 84.2 Å². The van der Waals surface area contributed by atoms with Gasteiger partial charge in [-0.1, -0.05) is 25.0 Å². The highest BCUT2D eigenvalue weighted by Gasteiger charge is 2.30. The molecular weight excluding hydrogens is 398 g/mol. The lowest BCUT2D eigenvalue weighted by Crippen LogP contribution is -2.64. The van der Waals surface area contributed by atoms with Gasteiger partial charge in [-0.2, -0.15) is 0 Å². The highest BCUT2D eigenvalue weighted by atomic mass is 15.1. The molecule has 3 fully saturated rings. The molecular formula is C25H43N7. The van der Waals surface area contributed by atoms with Crippen LogP contribution in [-0.4, -0.2) is 84.1 Å².